The van der Waals surface area contributed by atoms with Gasteiger partial charge in [-0.15, -0.1) is 0 Å². The Labute approximate surface area is 177 Å². The van der Waals surface area contributed by atoms with Crippen LogP contribution < -0.4 is 14.5 Å². The first-order chi connectivity index (χ1) is 14.5. The Bertz CT molecular complexity index is 1150. The van der Waals surface area contributed by atoms with E-state index < -0.39 is 0 Å². The van der Waals surface area contributed by atoms with E-state index >= 15 is 0 Å². The van der Waals surface area contributed by atoms with Crippen LogP contribution in [0.5, 0.6) is 5.75 Å². The number of carbonyl (C=O) groups excluding carboxylic acids is 1. The molecule has 1 unspecified atom stereocenters. The molecule has 8 nitrogen and oxygen atoms in total. The molecule has 9 heteroatoms. The van der Waals surface area contributed by atoms with Gasteiger partial charge in [-0.3, -0.25) is 4.90 Å². The number of carbonyl (C=O) groups is 1. The lowest BCUT2D eigenvalue weighted by molar-refractivity contribution is 0.00842. The van der Waals surface area contributed by atoms with E-state index in [1.54, 1.807) is 18.3 Å². The van der Waals surface area contributed by atoms with E-state index in [0.29, 0.717) is 23.0 Å². The number of ether oxygens (including phenoxy) is 1. The third-order valence-electron chi connectivity index (χ3n) is 6.20. The largest absolute Gasteiger partial charge is 0.489 e. The summed E-state index contributed by atoms with van der Waals surface area (Å²) in [6.45, 7) is 5.62. The van der Waals surface area contributed by atoms with E-state index in [9.17, 15) is 4.79 Å². The van der Waals surface area contributed by atoms with Crippen LogP contribution in [0.15, 0.2) is 41.1 Å². The highest BCUT2D eigenvalue weighted by molar-refractivity contribution is 6.30. The van der Waals surface area contributed by atoms with E-state index in [1.807, 2.05) is 34.9 Å². The zero-order valence-electron chi connectivity index (χ0n) is 16.4. The Balaban J connectivity index is 1.15. The highest BCUT2D eigenvalue weighted by Gasteiger charge is 2.55. The fourth-order valence-electron chi connectivity index (χ4n) is 4.76. The molecule has 2 amide bonds. The number of likely N-dealkylation sites (tertiary alicyclic amines) is 1. The van der Waals surface area contributed by atoms with Gasteiger partial charge < -0.3 is 19.1 Å². The summed E-state index contributed by atoms with van der Waals surface area (Å²) < 4.78 is 11.1. The Morgan fingerprint density at radius 1 is 1.23 bits per heavy atom. The molecule has 2 fully saturated rings. The van der Waals surface area contributed by atoms with Crippen molar-refractivity contribution in [2.75, 3.05) is 42.6 Å². The molecular weight excluding hydrogens is 406 g/mol. The molecule has 0 bridgehead atoms. The second-order valence-corrected chi connectivity index (χ2v) is 8.93. The van der Waals surface area contributed by atoms with Crippen LogP contribution in [0.1, 0.15) is 6.92 Å². The maximum Gasteiger partial charge on any atom is 0.325 e. The Hall–Kier alpha value is -3.00. The molecule has 5 heterocycles. The van der Waals surface area contributed by atoms with Crippen molar-refractivity contribution in [1.29, 1.82) is 0 Å². The van der Waals surface area contributed by atoms with Crippen molar-refractivity contribution < 1.29 is 14.1 Å². The van der Waals surface area contributed by atoms with E-state index in [2.05, 4.69) is 15.0 Å². The summed E-state index contributed by atoms with van der Waals surface area (Å²) >= 11 is 6.08. The molecule has 1 aromatic carbocycles. The maximum atomic E-state index is 13.3. The van der Waals surface area contributed by atoms with Gasteiger partial charge in [-0.05, 0) is 31.2 Å². The average molecular weight is 426 g/mol. The molecule has 30 heavy (non-hydrogen) atoms. The van der Waals surface area contributed by atoms with Gasteiger partial charge in [0.05, 0.1) is 11.7 Å². The molecule has 1 atom stereocenters. The molecule has 1 spiro atoms. The first-order valence-corrected chi connectivity index (χ1v) is 10.4. The average Bonchev–Trinajstić information content (AvgIpc) is 3.10. The zero-order chi connectivity index (χ0) is 20.5. The summed E-state index contributed by atoms with van der Waals surface area (Å²) in [5, 5.41) is 4.79. The summed E-state index contributed by atoms with van der Waals surface area (Å²) in [5.74, 6) is 1.44. The molecule has 0 N–H and O–H groups in total. The third-order valence-corrected chi connectivity index (χ3v) is 6.43. The predicted octanol–water partition coefficient (Wildman–Crippen LogP) is 3.41. The smallest absolute Gasteiger partial charge is 0.325 e. The molecule has 154 valence electrons. The van der Waals surface area contributed by atoms with Crippen LogP contribution in [0.25, 0.3) is 11.1 Å². The van der Waals surface area contributed by atoms with Gasteiger partial charge in [0.25, 0.3) is 0 Å². The fourth-order valence-corrected chi connectivity index (χ4v) is 4.92. The van der Waals surface area contributed by atoms with Crippen molar-refractivity contribution >= 4 is 40.2 Å². The standard InChI is InChI=1S/C21H20ClN5O3/c1-13-8-29-17-7-14(22)4-5-15(17)27(13)20(28)26-11-21(12-26)9-25(10-21)19-18-16(30-24-19)3-2-6-23-18/h2-7,13H,8-12H2,1H3. The summed E-state index contributed by atoms with van der Waals surface area (Å²) in [5.41, 5.74) is 2.38. The Morgan fingerprint density at radius 2 is 2.07 bits per heavy atom. The van der Waals surface area contributed by atoms with Gasteiger partial charge in [-0.25, -0.2) is 9.78 Å². The molecule has 0 aliphatic carbocycles. The SMILES string of the molecule is CC1COc2cc(Cl)ccc2N1C(=O)N1CC2(C1)CN(c1noc3cccnc13)C2. The monoisotopic (exact) mass is 425 g/mol. The minimum atomic E-state index is -0.0341. The first kappa shape index (κ1) is 17.8. The van der Waals surface area contributed by atoms with Gasteiger partial charge in [0.2, 0.25) is 0 Å². The van der Waals surface area contributed by atoms with Crippen LogP contribution in [0.2, 0.25) is 5.02 Å². The van der Waals surface area contributed by atoms with Gasteiger partial charge in [0, 0.05) is 48.9 Å². The van der Waals surface area contributed by atoms with E-state index in [4.69, 9.17) is 20.9 Å². The fraction of sp³-hybridized carbons (Fsp3) is 0.381. The summed E-state index contributed by atoms with van der Waals surface area (Å²) in [6.07, 6.45) is 1.75. The lowest BCUT2D eigenvalue weighted by Crippen LogP contribution is -2.74. The van der Waals surface area contributed by atoms with Crippen molar-refractivity contribution in [3.8, 4) is 5.75 Å². The van der Waals surface area contributed by atoms with Gasteiger partial charge in [-0.1, -0.05) is 16.8 Å². The zero-order valence-corrected chi connectivity index (χ0v) is 17.2. The molecule has 2 aromatic heterocycles. The minimum absolute atomic E-state index is 0.0204. The van der Waals surface area contributed by atoms with Crippen molar-refractivity contribution in [3.63, 3.8) is 0 Å². The van der Waals surface area contributed by atoms with Gasteiger partial charge >= 0.3 is 6.03 Å². The quantitative estimate of drug-likeness (QED) is 0.594. The van der Waals surface area contributed by atoms with Crippen LogP contribution >= 0.6 is 11.6 Å². The second-order valence-electron chi connectivity index (χ2n) is 8.49. The number of rotatable bonds is 1. The van der Waals surface area contributed by atoms with Crippen molar-refractivity contribution in [3.05, 3.63) is 41.6 Å². The molecule has 0 radical (unpaired) electrons. The summed E-state index contributed by atoms with van der Waals surface area (Å²) in [6, 6.07) is 9.10. The van der Waals surface area contributed by atoms with Crippen LogP contribution in [-0.4, -0.2) is 59.9 Å². The number of hydrogen-bond donors (Lipinski definition) is 0. The number of hydrogen-bond acceptors (Lipinski definition) is 6. The van der Waals surface area contributed by atoms with Crippen LogP contribution in [0.4, 0.5) is 16.3 Å². The lowest BCUT2D eigenvalue weighted by atomic mass is 9.73. The van der Waals surface area contributed by atoms with Gasteiger partial charge in [0.1, 0.15) is 12.4 Å². The second kappa shape index (κ2) is 6.25. The summed E-state index contributed by atoms with van der Waals surface area (Å²) in [7, 11) is 0. The number of aromatic nitrogens is 2. The molecule has 3 aromatic rings. The number of pyridine rings is 1. The summed E-state index contributed by atoms with van der Waals surface area (Å²) in [4.78, 5) is 23.6. The molecule has 3 aliphatic rings. The lowest BCUT2D eigenvalue weighted by Gasteiger charge is -2.60. The van der Waals surface area contributed by atoms with Crippen LogP contribution in [0.3, 0.4) is 0 Å². The molecule has 6 rings (SSSR count). The number of nitrogens with zero attached hydrogens (tertiary/aromatic N) is 5. The molecular formula is C21H20ClN5O3. The molecule has 0 saturated carbocycles. The predicted molar refractivity (Wildman–Crippen MR) is 112 cm³/mol. The number of benzene rings is 1. The highest BCUT2D eigenvalue weighted by Crippen LogP contribution is 2.44. The number of urea groups is 1. The highest BCUT2D eigenvalue weighted by atomic mass is 35.5. The van der Waals surface area contributed by atoms with E-state index in [-0.39, 0.29) is 17.5 Å². The van der Waals surface area contributed by atoms with Gasteiger partial charge in [-0.2, -0.15) is 0 Å². The van der Waals surface area contributed by atoms with Crippen LogP contribution in [0, 0.1) is 5.41 Å². The topological polar surface area (TPSA) is 74.9 Å². The van der Waals surface area contributed by atoms with Crippen molar-refractivity contribution in [2.24, 2.45) is 5.41 Å². The first-order valence-electron chi connectivity index (χ1n) is 9.99. The van der Waals surface area contributed by atoms with E-state index in [1.165, 1.54) is 0 Å². The maximum absolute atomic E-state index is 13.3. The molecule has 3 aliphatic heterocycles. The van der Waals surface area contributed by atoms with Crippen molar-refractivity contribution in [1.82, 2.24) is 15.0 Å². The van der Waals surface area contributed by atoms with Crippen LogP contribution in [-0.2, 0) is 0 Å². The number of anilines is 2. The van der Waals surface area contributed by atoms with Crippen molar-refractivity contribution in [2.45, 2.75) is 13.0 Å². The normalized spacial score (nSPS) is 21.8. The minimum Gasteiger partial charge on any atom is -0.489 e. The van der Waals surface area contributed by atoms with Gasteiger partial charge in [0.15, 0.2) is 16.9 Å². The van der Waals surface area contributed by atoms with E-state index in [0.717, 1.165) is 43.2 Å². The Morgan fingerprint density at radius 3 is 2.90 bits per heavy atom. The number of amides is 2. The Kier molecular flexibility index (Phi) is 3.71. The molecule has 2 saturated heterocycles. The number of fused-ring (bicyclic) bond motifs is 2. The third kappa shape index (κ3) is 2.56. The number of halogens is 1.